The minimum Gasteiger partial charge on any atom is -0.444 e. The number of unbranched alkanes of at least 4 members (excludes halogenated alkanes) is 1. The molecule has 4 N–H and O–H groups in total. The molecule has 0 fully saturated rings. The topological polar surface area (TPSA) is 109 Å². The zero-order valence-electron chi connectivity index (χ0n) is 25.4. The number of carbonyl (C=O) groups is 3. The molecule has 1 aliphatic heterocycles. The molecule has 0 saturated carbocycles. The summed E-state index contributed by atoms with van der Waals surface area (Å²) in [5.74, 6) is -0.329. The fourth-order valence-electron chi connectivity index (χ4n) is 5.29. The van der Waals surface area contributed by atoms with Gasteiger partial charge < -0.3 is 26.0 Å². The Balaban J connectivity index is 1.31. The zero-order valence-corrected chi connectivity index (χ0v) is 25.4. The highest BCUT2D eigenvalue weighted by Crippen LogP contribution is 2.24. The second-order valence-corrected chi connectivity index (χ2v) is 12.0. The van der Waals surface area contributed by atoms with Crippen molar-refractivity contribution in [3.8, 4) is 0 Å². The average molecular weight is 585 g/mol. The van der Waals surface area contributed by atoms with Crippen LogP contribution in [-0.4, -0.2) is 48.7 Å². The van der Waals surface area contributed by atoms with Crippen LogP contribution in [0.25, 0.3) is 0 Å². The van der Waals surface area contributed by atoms with Gasteiger partial charge in [-0.25, -0.2) is 4.79 Å². The van der Waals surface area contributed by atoms with E-state index >= 15 is 0 Å². The summed E-state index contributed by atoms with van der Waals surface area (Å²) in [7, 11) is 0. The molecule has 8 heteroatoms. The highest BCUT2D eigenvalue weighted by atomic mass is 16.6. The Hall–Kier alpha value is -4.17. The Kier molecular flexibility index (Phi) is 11.3. The largest absolute Gasteiger partial charge is 0.444 e. The number of benzene rings is 3. The van der Waals surface area contributed by atoms with Gasteiger partial charge in [0.2, 0.25) is 11.8 Å². The molecule has 3 amide bonds. The Morgan fingerprint density at radius 2 is 1.44 bits per heavy atom. The predicted octanol–water partition coefficient (Wildman–Crippen LogP) is 4.83. The summed E-state index contributed by atoms with van der Waals surface area (Å²) in [5.41, 5.74) is 3.93. The molecule has 0 saturated heterocycles. The van der Waals surface area contributed by atoms with Gasteiger partial charge in [0.15, 0.2) is 0 Å². The Labute approximate surface area is 255 Å². The van der Waals surface area contributed by atoms with Gasteiger partial charge in [0, 0.05) is 25.6 Å². The van der Waals surface area contributed by atoms with Gasteiger partial charge in [-0.2, -0.15) is 0 Å². The number of hydrogen-bond donors (Lipinski definition) is 4. The third-order valence-corrected chi connectivity index (χ3v) is 7.51. The van der Waals surface area contributed by atoms with E-state index in [1.165, 1.54) is 11.1 Å². The third kappa shape index (κ3) is 9.96. The van der Waals surface area contributed by atoms with Crippen LogP contribution >= 0.6 is 0 Å². The van der Waals surface area contributed by atoms with Gasteiger partial charge in [0.25, 0.3) is 0 Å². The lowest BCUT2D eigenvalue weighted by molar-refractivity contribution is -0.124. The lowest BCUT2D eigenvalue weighted by Gasteiger charge is -2.25. The van der Waals surface area contributed by atoms with Crippen molar-refractivity contribution in [2.45, 2.75) is 76.6 Å². The van der Waals surface area contributed by atoms with Gasteiger partial charge in [-0.15, -0.1) is 0 Å². The number of amides is 3. The molecule has 8 nitrogen and oxygen atoms in total. The van der Waals surface area contributed by atoms with E-state index in [9.17, 15) is 14.4 Å². The first-order chi connectivity index (χ1) is 20.7. The molecule has 1 heterocycles. The van der Waals surface area contributed by atoms with Crippen LogP contribution in [0.5, 0.6) is 0 Å². The fourth-order valence-corrected chi connectivity index (χ4v) is 5.29. The Bertz CT molecular complexity index is 1300. The number of fused-ring (bicyclic) bond motifs is 1. The van der Waals surface area contributed by atoms with Gasteiger partial charge in [-0.05, 0) is 68.7 Å². The number of alkyl carbamates (subject to hydrolysis) is 1. The van der Waals surface area contributed by atoms with Crippen molar-refractivity contribution in [2.24, 2.45) is 0 Å². The molecule has 1 aliphatic rings. The fraction of sp³-hybridized carbons (Fsp3) is 0.400. The number of rotatable bonds is 12. The number of carbonyl (C=O) groups excluding carboxylic acids is 3. The summed E-state index contributed by atoms with van der Waals surface area (Å²) >= 11 is 0. The van der Waals surface area contributed by atoms with Crippen molar-refractivity contribution in [1.29, 1.82) is 0 Å². The summed E-state index contributed by atoms with van der Waals surface area (Å²) < 4.78 is 5.44. The van der Waals surface area contributed by atoms with Crippen molar-refractivity contribution in [3.63, 3.8) is 0 Å². The number of hydrogen-bond acceptors (Lipinski definition) is 5. The van der Waals surface area contributed by atoms with Gasteiger partial charge >= 0.3 is 6.09 Å². The summed E-state index contributed by atoms with van der Waals surface area (Å²) in [5, 5.41) is 12.2. The summed E-state index contributed by atoms with van der Waals surface area (Å²) in [6.45, 7) is 6.91. The molecule has 0 bridgehead atoms. The van der Waals surface area contributed by atoms with Crippen LogP contribution in [0.4, 0.5) is 4.79 Å². The van der Waals surface area contributed by atoms with Crippen LogP contribution in [-0.2, 0) is 27.3 Å². The molecule has 3 aromatic rings. The molecule has 0 spiro atoms. The zero-order chi connectivity index (χ0) is 30.7. The van der Waals surface area contributed by atoms with Gasteiger partial charge in [0.1, 0.15) is 11.6 Å². The predicted molar refractivity (Wildman–Crippen MR) is 169 cm³/mol. The average Bonchev–Trinajstić information content (AvgIpc) is 3.00. The highest BCUT2D eigenvalue weighted by molar-refractivity contribution is 5.85. The van der Waals surface area contributed by atoms with Crippen LogP contribution in [0.1, 0.15) is 68.2 Å². The first-order valence-electron chi connectivity index (χ1n) is 15.1. The molecule has 0 unspecified atom stereocenters. The summed E-state index contributed by atoms with van der Waals surface area (Å²) in [6, 6.07) is 27.2. The lowest BCUT2D eigenvalue weighted by atomic mass is 9.91. The smallest absolute Gasteiger partial charge is 0.408 e. The molecule has 4 rings (SSSR count). The van der Waals surface area contributed by atoms with Gasteiger partial charge in [-0.3, -0.25) is 9.59 Å². The molecule has 228 valence electrons. The van der Waals surface area contributed by atoms with Gasteiger partial charge in [0.05, 0.1) is 6.04 Å². The minimum atomic E-state index is -0.769. The van der Waals surface area contributed by atoms with Crippen LogP contribution in [0.15, 0.2) is 84.9 Å². The summed E-state index contributed by atoms with van der Waals surface area (Å²) in [4.78, 5) is 38.8. The molecular weight excluding hydrogens is 540 g/mol. The molecule has 0 radical (unpaired) electrons. The number of ether oxygens (including phenoxy) is 1. The van der Waals surface area contributed by atoms with Crippen molar-refractivity contribution in [2.75, 3.05) is 13.1 Å². The first kappa shape index (κ1) is 31.8. The first-order valence-corrected chi connectivity index (χ1v) is 15.1. The third-order valence-electron chi connectivity index (χ3n) is 7.51. The van der Waals surface area contributed by atoms with Crippen molar-refractivity contribution in [3.05, 3.63) is 107 Å². The van der Waals surface area contributed by atoms with E-state index in [-0.39, 0.29) is 23.8 Å². The maximum atomic E-state index is 13.4. The van der Waals surface area contributed by atoms with Crippen molar-refractivity contribution >= 4 is 17.9 Å². The molecular formula is C35H44N4O4. The molecule has 0 aliphatic carbocycles. The molecule has 43 heavy (non-hydrogen) atoms. The minimum absolute atomic E-state index is 0.0245. The monoisotopic (exact) mass is 584 g/mol. The Morgan fingerprint density at radius 3 is 2.07 bits per heavy atom. The van der Waals surface area contributed by atoms with E-state index in [0.29, 0.717) is 45.3 Å². The Morgan fingerprint density at radius 1 is 0.837 bits per heavy atom. The van der Waals surface area contributed by atoms with E-state index in [4.69, 9.17) is 4.74 Å². The molecule has 3 aromatic carbocycles. The lowest BCUT2D eigenvalue weighted by Crippen LogP contribution is -2.49. The maximum Gasteiger partial charge on any atom is 0.408 e. The summed E-state index contributed by atoms with van der Waals surface area (Å²) in [6.07, 6.45) is 1.75. The van der Waals surface area contributed by atoms with E-state index in [2.05, 4.69) is 57.7 Å². The molecule has 2 atom stereocenters. The van der Waals surface area contributed by atoms with Crippen LogP contribution in [0.2, 0.25) is 0 Å². The van der Waals surface area contributed by atoms with Crippen LogP contribution < -0.4 is 21.3 Å². The SMILES string of the molecule is CC(C)(C)OC(=O)N[C@@H](CCCCNC(=O)[C@@H]1Cc2ccccc2CN1)C(=O)NCC(c1ccccc1)c1ccccc1. The van der Waals surface area contributed by atoms with E-state index in [1.807, 2.05) is 48.5 Å². The van der Waals surface area contributed by atoms with Gasteiger partial charge in [-0.1, -0.05) is 84.9 Å². The standard InChI is InChI=1S/C35H44N4O4/c1-35(2,3)43-34(42)39-30(20-12-13-21-36-33(41)31-22-27-18-10-11-19-28(27)23-37-31)32(40)38-24-29(25-14-6-4-7-15-25)26-16-8-5-9-17-26/h4-11,14-19,29-31,37H,12-13,20-24H2,1-3H3,(H,36,41)(H,38,40)(H,39,42)/t30-,31-/m0/s1. The van der Waals surface area contributed by atoms with E-state index in [1.54, 1.807) is 20.8 Å². The maximum absolute atomic E-state index is 13.4. The second kappa shape index (κ2) is 15.3. The second-order valence-electron chi connectivity index (χ2n) is 12.0. The highest BCUT2D eigenvalue weighted by Gasteiger charge is 2.26. The quantitative estimate of drug-likeness (QED) is 0.228. The van der Waals surface area contributed by atoms with E-state index < -0.39 is 17.7 Å². The van der Waals surface area contributed by atoms with Crippen molar-refractivity contribution in [1.82, 2.24) is 21.3 Å². The number of nitrogens with one attached hydrogen (secondary N) is 4. The normalized spacial score (nSPS) is 15.2. The van der Waals surface area contributed by atoms with E-state index in [0.717, 1.165) is 11.1 Å². The van der Waals surface area contributed by atoms with Crippen LogP contribution in [0.3, 0.4) is 0 Å². The van der Waals surface area contributed by atoms with Crippen LogP contribution in [0, 0.1) is 0 Å². The van der Waals surface area contributed by atoms with Crippen molar-refractivity contribution < 1.29 is 19.1 Å². The molecule has 0 aromatic heterocycles.